The van der Waals surface area contributed by atoms with Gasteiger partial charge >= 0.3 is 0 Å². The van der Waals surface area contributed by atoms with Crippen molar-refractivity contribution < 1.29 is 0 Å². The lowest BCUT2D eigenvalue weighted by Crippen LogP contribution is -2.45. The number of hydrogen-bond acceptors (Lipinski definition) is 3. The molecule has 1 aromatic heterocycles. The van der Waals surface area contributed by atoms with E-state index >= 15 is 0 Å². The number of rotatable bonds is 11. The van der Waals surface area contributed by atoms with E-state index in [9.17, 15) is 0 Å². The van der Waals surface area contributed by atoms with Crippen molar-refractivity contribution in [1.82, 2.24) is 25.1 Å². The predicted molar refractivity (Wildman–Crippen MR) is 107 cm³/mol. The maximum Gasteiger partial charge on any atom is 0.191 e. The molecule has 6 heteroatoms. The molecule has 0 aliphatic carbocycles. The molecule has 0 spiro atoms. The second-order valence-corrected chi connectivity index (χ2v) is 6.99. The van der Waals surface area contributed by atoms with Crippen LogP contribution in [-0.4, -0.2) is 58.7 Å². The fraction of sp³-hybridized carbons (Fsp3) is 0.789. The van der Waals surface area contributed by atoms with E-state index < -0.39 is 0 Å². The van der Waals surface area contributed by atoms with Gasteiger partial charge in [0.25, 0.3) is 0 Å². The van der Waals surface area contributed by atoms with E-state index in [2.05, 4.69) is 59.7 Å². The van der Waals surface area contributed by atoms with Crippen LogP contribution in [0.25, 0.3) is 0 Å². The number of guanidine groups is 1. The van der Waals surface area contributed by atoms with E-state index in [1.807, 2.05) is 19.3 Å². The van der Waals surface area contributed by atoms with Crippen LogP contribution < -0.4 is 10.6 Å². The third-order valence-electron chi connectivity index (χ3n) is 4.33. The second-order valence-electron chi connectivity index (χ2n) is 6.99. The normalized spacial score (nSPS) is 12.4. The van der Waals surface area contributed by atoms with Crippen molar-refractivity contribution >= 4 is 5.96 Å². The first-order chi connectivity index (χ1) is 12.0. The maximum absolute atomic E-state index is 4.69. The minimum absolute atomic E-state index is 0.563. The quantitative estimate of drug-likeness (QED) is 0.366. The van der Waals surface area contributed by atoms with Crippen molar-refractivity contribution in [2.24, 2.45) is 4.99 Å². The Morgan fingerprint density at radius 2 is 1.92 bits per heavy atom. The highest BCUT2D eigenvalue weighted by Crippen LogP contribution is 2.03. The minimum Gasteiger partial charge on any atom is -0.357 e. The Morgan fingerprint density at radius 1 is 1.20 bits per heavy atom. The number of nitrogens with one attached hydrogen (secondary N) is 2. The van der Waals surface area contributed by atoms with E-state index in [0.717, 1.165) is 57.3 Å². The zero-order valence-electron chi connectivity index (χ0n) is 17.0. The van der Waals surface area contributed by atoms with Gasteiger partial charge in [-0.3, -0.25) is 9.89 Å². The van der Waals surface area contributed by atoms with Crippen LogP contribution in [0.4, 0.5) is 0 Å². The highest BCUT2D eigenvalue weighted by atomic mass is 15.2. The van der Waals surface area contributed by atoms with E-state index in [-0.39, 0.29) is 0 Å². The Kier molecular flexibility index (Phi) is 10.2. The Labute approximate surface area is 154 Å². The fourth-order valence-electron chi connectivity index (χ4n) is 2.98. The molecule has 0 aromatic carbocycles. The van der Waals surface area contributed by atoms with Crippen LogP contribution in [0.5, 0.6) is 0 Å². The molecule has 2 N–H and O–H groups in total. The van der Waals surface area contributed by atoms with Crippen LogP contribution in [0.2, 0.25) is 0 Å². The molecule has 0 saturated heterocycles. The third-order valence-corrected chi connectivity index (χ3v) is 4.33. The second kappa shape index (κ2) is 11.9. The van der Waals surface area contributed by atoms with Gasteiger partial charge in [-0.15, -0.1) is 0 Å². The molecule has 6 nitrogen and oxygen atoms in total. The molecule has 1 aromatic rings. The van der Waals surface area contributed by atoms with Crippen LogP contribution >= 0.6 is 0 Å². The van der Waals surface area contributed by atoms with E-state index in [1.165, 1.54) is 0 Å². The van der Waals surface area contributed by atoms with Crippen LogP contribution in [0.3, 0.4) is 0 Å². The average molecular weight is 351 g/mol. The summed E-state index contributed by atoms with van der Waals surface area (Å²) in [6.07, 6.45) is 6.10. The molecule has 0 radical (unpaired) electrons. The van der Waals surface area contributed by atoms with Gasteiger partial charge in [0.15, 0.2) is 5.96 Å². The molecule has 0 amide bonds. The molecule has 0 aliphatic rings. The van der Waals surface area contributed by atoms with E-state index in [1.54, 1.807) is 0 Å². The highest BCUT2D eigenvalue weighted by Gasteiger charge is 2.12. The molecular formula is C19H38N6. The average Bonchev–Trinajstić information content (AvgIpc) is 2.95. The van der Waals surface area contributed by atoms with Gasteiger partial charge in [-0.1, -0.05) is 0 Å². The molecule has 0 bridgehead atoms. The first-order valence-corrected chi connectivity index (χ1v) is 9.71. The summed E-state index contributed by atoms with van der Waals surface area (Å²) in [5.74, 6) is 2.01. The number of imidazole rings is 1. The van der Waals surface area contributed by atoms with Crippen LogP contribution in [0.15, 0.2) is 17.4 Å². The van der Waals surface area contributed by atoms with Crippen molar-refractivity contribution in [3.8, 4) is 0 Å². The number of aliphatic imine (C=N–C) groups is 1. The Hall–Kier alpha value is -1.56. The van der Waals surface area contributed by atoms with Crippen LogP contribution in [0.1, 0.15) is 53.3 Å². The van der Waals surface area contributed by atoms with Gasteiger partial charge in [-0.2, -0.15) is 0 Å². The monoisotopic (exact) mass is 350 g/mol. The molecule has 0 aliphatic heterocycles. The first-order valence-electron chi connectivity index (χ1n) is 9.71. The summed E-state index contributed by atoms with van der Waals surface area (Å²) in [6.45, 7) is 17.8. The summed E-state index contributed by atoms with van der Waals surface area (Å²) in [6, 6.07) is 1.13. The van der Waals surface area contributed by atoms with Crippen molar-refractivity contribution in [1.29, 1.82) is 0 Å². The molecule has 144 valence electrons. The number of nitrogens with zero attached hydrogens (tertiary/aromatic N) is 4. The van der Waals surface area contributed by atoms with Crippen LogP contribution in [-0.2, 0) is 6.54 Å². The number of aromatic nitrogens is 2. The van der Waals surface area contributed by atoms with Gasteiger partial charge in [0.05, 0.1) is 0 Å². The lowest BCUT2D eigenvalue weighted by Gasteiger charge is -2.30. The van der Waals surface area contributed by atoms with Crippen molar-refractivity contribution in [2.75, 3.05) is 26.2 Å². The van der Waals surface area contributed by atoms with Gasteiger partial charge in [0, 0.05) is 57.2 Å². The number of aryl methyl sites for hydroxylation is 2. The Balaban J connectivity index is 2.31. The molecule has 25 heavy (non-hydrogen) atoms. The standard InChI is InChI=1S/C19H38N6/c1-7-20-19(23-12-15-25(16(2)3)17(4)5)22-10-8-9-13-24-14-11-21-18(24)6/h11,14,16-17H,7-10,12-13,15H2,1-6H3,(H2,20,22,23). The maximum atomic E-state index is 4.69. The zero-order chi connectivity index (χ0) is 18.7. The van der Waals surface area contributed by atoms with Gasteiger partial charge in [-0.05, 0) is 54.4 Å². The fourth-order valence-corrected chi connectivity index (χ4v) is 2.98. The largest absolute Gasteiger partial charge is 0.357 e. The minimum atomic E-state index is 0.563. The smallest absolute Gasteiger partial charge is 0.191 e. The lowest BCUT2D eigenvalue weighted by molar-refractivity contribution is 0.178. The Morgan fingerprint density at radius 3 is 2.48 bits per heavy atom. The van der Waals surface area contributed by atoms with Crippen molar-refractivity contribution in [2.45, 2.75) is 73.0 Å². The summed E-state index contributed by atoms with van der Waals surface area (Å²) in [4.78, 5) is 11.4. The topological polar surface area (TPSA) is 57.5 Å². The predicted octanol–water partition coefficient (Wildman–Crippen LogP) is 2.65. The SMILES string of the molecule is CCNC(=NCCCCn1ccnc1C)NCCN(C(C)C)C(C)C. The van der Waals surface area contributed by atoms with Gasteiger partial charge in [0.1, 0.15) is 5.82 Å². The Bertz CT molecular complexity index is 484. The lowest BCUT2D eigenvalue weighted by atomic mass is 10.2. The summed E-state index contributed by atoms with van der Waals surface area (Å²) in [5.41, 5.74) is 0. The molecule has 1 heterocycles. The summed E-state index contributed by atoms with van der Waals surface area (Å²) in [7, 11) is 0. The molecular weight excluding hydrogens is 312 g/mol. The van der Waals surface area contributed by atoms with Gasteiger partial charge < -0.3 is 15.2 Å². The zero-order valence-corrected chi connectivity index (χ0v) is 17.0. The molecule has 0 atom stereocenters. The van der Waals surface area contributed by atoms with Crippen LogP contribution in [0, 0.1) is 6.92 Å². The molecule has 1 rings (SSSR count). The van der Waals surface area contributed by atoms with E-state index in [0.29, 0.717) is 12.1 Å². The summed E-state index contributed by atoms with van der Waals surface area (Å²) in [5, 5.41) is 6.79. The van der Waals surface area contributed by atoms with Crippen molar-refractivity contribution in [3.05, 3.63) is 18.2 Å². The number of hydrogen-bond donors (Lipinski definition) is 2. The molecule has 0 fully saturated rings. The third kappa shape index (κ3) is 8.38. The number of unbranched alkanes of at least 4 members (excludes halogenated alkanes) is 1. The highest BCUT2D eigenvalue weighted by molar-refractivity contribution is 5.79. The first kappa shape index (κ1) is 21.5. The summed E-state index contributed by atoms with van der Waals surface area (Å²) >= 11 is 0. The van der Waals surface area contributed by atoms with Crippen molar-refractivity contribution in [3.63, 3.8) is 0 Å². The summed E-state index contributed by atoms with van der Waals surface area (Å²) < 4.78 is 2.19. The van der Waals surface area contributed by atoms with Gasteiger partial charge in [-0.25, -0.2) is 4.98 Å². The van der Waals surface area contributed by atoms with Gasteiger partial charge in [0.2, 0.25) is 0 Å². The molecule has 0 unspecified atom stereocenters. The molecule has 0 saturated carbocycles. The van der Waals surface area contributed by atoms with E-state index in [4.69, 9.17) is 4.99 Å².